The summed E-state index contributed by atoms with van der Waals surface area (Å²) >= 11 is 0. The van der Waals surface area contributed by atoms with Gasteiger partial charge in [-0.2, -0.15) is 0 Å². The summed E-state index contributed by atoms with van der Waals surface area (Å²) in [5, 5.41) is 0. The third-order valence-corrected chi connectivity index (χ3v) is 14.2. The van der Waals surface area contributed by atoms with Crippen LogP contribution in [0.25, 0.3) is 0 Å². The van der Waals surface area contributed by atoms with E-state index >= 15 is 0 Å². The van der Waals surface area contributed by atoms with E-state index in [9.17, 15) is 14.4 Å². The minimum absolute atomic E-state index is 0.0903. The molecule has 0 radical (unpaired) electrons. The molecule has 0 aromatic heterocycles. The zero-order valence-electron chi connectivity index (χ0n) is 49.8. The van der Waals surface area contributed by atoms with Crippen LogP contribution in [0.5, 0.6) is 0 Å². The quantitative estimate of drug-likeness (QED) is 0.0261. The van der Waals surface area contributed by atoms with Gasteiger partial charge in [-0.3, -0.25) is 14.4 Å². The zero-order chi connectivity index (χ0) is 54.3. The second-order valence-corrected chi connectivity index (χ2v) is 21.7. The van der Waals surface area contributed by atoms with E-state index in [1.165, 1.54) is 193 Å². The summed E-state index contributed by atoms with van der Waals surface area (Å²) in [5.41, 5.74) is 0. The lowest BCUT2D eigenvalue weighted by atomic mass is 10.0. The maximum Gasteiger partial charge on any atom is 0.306 e. The largest absolute Gasteiger partial charge is 0.462 e. The number of allylic oxidation sites excluding steroid dienone is 12. The average molecular weight is 1050 g/mol. The molecule has 0 aliphatic rings. The molecule has 75 heavy (non-hydrogen) atoms. The van der Waals surface area contributed by atoms with E-state index < -0.39 is 6.10 Å². The minimum atomic E-state index is -0.795. The third-order valence-electron chi connectivity index (χ3n) is 14.2. The van der Waals surface area contributed by atoms with E-state index in [0.29, 0.717) is 19.3 Å². The number of esters is 3. The Morgan fingerprint density at radius 3 is 0.813 bits per heavy atom. The lowest BCUT2D eigenvalue weighted by Gasteiger charge is -2.18. The smallest absolute Gasteiger partial charge is 0.306 e. The van der Waals surface area contributed by atoms with E-state index in [1.54, 1.807) is 0 Å². The molecule has 0 bridgehead atoms. The Morgan fingerprint density at radius 2 is 0.520 bits per heavy atom. The fourth-order valence-electron chi connectivity index (χ4n) is 9.39. The molecule has 0 N–H and O–H groups in total. The Balaban J connectivity index is 4.06. The fraction of sp³-hybridized carbons (Fsp3) is 0.783. The van der Waals surface area contributed by atoms with Crippen LogP contribution >= 0.6 is 0 Å². The summed E-state index contributed by atoms with van der Waals surface area (Å²) in [5.74, 6) is -0.932. The molecule has 0 aliphatic heterocycles. The molecule has 0 aromatic rings. The number of carbonyl (C=O) groups excluding carboxylic acids is 3. The van der Waals surface area contributed by atoms with Crippen LogP contribution in [0.15, 0.2) is 72.9 Å². The van der Waals surface area contributed by atoms with E-state index in [1.807, 2.05) is 0 Å². The van der Waals surface area contributed by atoms with E-state index in [2.05, 4.69) is 93.7 Å². The molecule has 0 saturated heterocycles. The number of rotatable bonds is 59. The molecule has 0 fully saturated rings. The van der Waals surface area contributed by atoms with Gasteiger partial charge in [-0.15, -0.1) is 0 Å². The van der Waals surface area contributed by atoms with Gasteiger partial charge in [-0.05, 0) is 70.6 Å². The lowest BCUT2D eigenvalue weighted by Crippen LogP contribution is -2.30. The molecule has 0 heterocycles. The second kappa shape index (κ2) is 63.4. The summed E-state index contributed by atoms with van der Waals surface area (Å²) in [6, 6.07) is 0. The first-order valence-corrected chi connectivity index (χ1v) is 32.4. The summed E-state index contributed by atoms with van der Waals surface area (Å²) < 4.78 is 16.8. The number of hydrogen-bond acceptors (Lipinski definition) is 6. The van der Waals surface area contributed by atoms with Crippen molar-refractivity contribution >= 4 is 17.9 Å². The minimum Gasteiger partial charge on any atom is -0.462 e. The monoisotopic (exact) mass is 1050 g/mol. The predicted molar refractivity (Wildman–Crippen MR) is 325 cm³/mol. The van der Waals surface area contributed by atoms with Crippen molar-refractivity contribution in [3.8, 4) is 0 Å². The van der Waals surface area contributed by atoms with E-state index in [4.69, 9.17) is 14.2 Å². The molecule has 1 unspecified atom stereocenters. The van der Waals surface area contributed by atoms with Crippen LogP contribution in [-0.4, -0.2) is 37.2 Å². The van der Waals surface area contributed by atoms with Crippen molar-refractivity contribution in [3.63, 3.8) is 0 Å². The summed E-state index contributed by atoms with van der Waals surface area (Å²) in [6.07, 6.45) is 82.6. The highest BCUT2D eigenvalue weighted by molar-refractivity contribution is 5.71. The zero-order valence-corrected chi connectivity index (χ0v) is 49.8. The van der Waals surface area contributed by atoms with Crippen LogP contribution in [0, 0.1) is 0 Å². The van der Waals surface area contributed by atoms with Gasteiger partial charge in [-0.1, -0.05) is 312 Å². The number of carbonyl (C=O) groups is 3. The molecular weight excluding hydrogens is 925 g/mol. The van der Waals surface area contributed by atoms with Gasteiger partial charge in [0.05, 0.1) is 0 Å². The van der Waals surface area contributed by atoms with Crippen molar-refractivity contribution in [2.24, 2.45) is 0 Å². The first-order chi connectivity index (χ1) is 37.0. The highest BCUT2D eigenvalue weighted by Gasteiger charge is 2.19. The molecule has 6 nitrogen and oxygen atoms in total. The molecule has 0 aromatic carbocycles. The molecule has 0 spiro atoms. The average Bonchev–Trinajstić information content (AvgIpc) is 3.41. The van der Waals surface area contributed by atoms with Gasteiger partial charge in [0.2, 0.25) is 0 Å². The van der Waals surface area contributed by atoms with Crippen molar-refractivity contribution in [2.75, 3.05) is 13.2 Å². The van der Waals surface area contributed by atoms with Crippen molar-refractivity contribution in [3.05, 3.63) is 72.9 Å². The van der Waals surface area contributed by atoms with Crippen molar-refractivity contribution in [1.82, 2.24) is 0 Å². The number of hydrogen-bond donors (Lipinski definition) is 0. The van der Waals surface area contributed by atoms with Crippen molar-refractivity contribution in [2.45, 2.75) is 335 Å². The second-order valence-electron chi connectivity index (χ2n) is 21.7. The van der Waals surface area contributed by atoms with Crippen molar-refractivity contribution in [1.29, 1.82) is 0 Å². The highest BCUT2D eigenvalue weighted by atomic mass is 16.6. The third kappa shape index (κ3) is 61.6. The van der Waals surface area contributed by atoms with Crippen LogP contribution in [-0.2, 0) is 28.6 Å². The fourth-order valence-corrected chi connectivity index (χ4v) is 9.39. The summed E-state index contributed by atoms with van der Waals surface area (Å²) in [7, 11) is 0. The Labute approximate surface area is 465 Å². The first kappa shape index (κ1) is 71.8. The van der Waals surface area contributed by atoms with Gasteiger partial charge < -0.3 is 14.2 Å². The highest BCUT2D eigenvalue weighted by Crippen LogP contribution is 2.18. The van der Waals surface area contributed by atoms with Crippen LogP contribution in [0.2, 0.25) is 0 Å². The normalized spacial score (nSPS) is 12.5. The molecule has 0 rings (SSSR count). The van der Waals surface area contributed by atoms with Crippen LogP contribution in [0.4, 0.5) is 0 Å². The van der Waals surface area contributed by atoms with Gasteiger partial charge in [0.1, 0.15) is 13.2 Å². The molecule has 0 amide bonds. The SMILES string of the molecule is CC/C=C\C/C=C\C/C=C\C/C=C\C/C=C\C/C=C\CCCCC(=O)OC(COC(=O)CCCCCCCC)COC(=O)CCCCCCCCCCCCCCCCCCCCCCCCCCCCCCCC. The number of ether oxygens (including phenoxy) is 3. The Kier molecular flexibility index (Phi) is 60.7. The van der Waals surface area contributed by atoms with Gasteiger partial charge >= 0.3 is 17.9 Å². The molecule has 0 aliphatic carbocycles. The standard InChI is InChI=1S/C69H122O6/c1-4-7-10-13-16-18-20-22-24-26-28-30-31-32-33-34-35-36-37-38-40-41-43-45-47-49-51-53-56-59-62-68(71)74-65-66(64-73-67(70)61-58-55-15-12-9-6-3)75-69(72)63-60-57-54-52-50-48-46-44-42-39-29-27-25-23-21-19-17-14-11-8-5-2/h8,11,17,19,23,25,29,39,44,46,50,52,66H,4-7,9-10,12-16,18,20-22,24,26-28,30-38,40-43,45,47-49,51,53-65H2,1-3H3/b11-8-,19-17-,25-23-,39-29-,46-44-,52-50-. The Morgan fingerprint density at radius 1 is 0.280 bits per heavy atom. The predicted octanol–water partition coefficient (Wildman–Crippen LogP) is 22.1. The molecule has 1 atom stereocenters. The van der Waals surface area contributed by atoms with Crippen LogP contribution in [0.3, 0.4) is 0 Å². The van der Waals surface area contributed by atoms with Crippen molar-refractivity contribution < 1.29 is 28.6 Å². The van der Waals surface area contributed by atoms with E-state index in [-0.39, 0.29) is 37.5 Å². The van der Waals surface area contributed by atoms with Crippen LogP contribution in [0.1, 0.15) is 329 Å². The van der Waals surface area contributed by atoms with E-state index in [0.717, 1.165) is 89.9 Å². The maximum atomic E-state index is 12.8. The van der Waals surface area contributed by atoms with Gasteiger partial charge in [0.15, 0.2) is 6.10 Å². The Bertz CT molecular complexity index is 1390. The topological polar surface area (TPSA) is 78.9 Å². The molecule has 6 heteroatoms. The molecule has 434 valence electrons. The van der Waals surface area contributed by atoms with Crippen LogP contribution < -0.4 is 0 Å². The summed E-state index contributed by atoms with van der Waals surface area (Å²) in [4.78, 5) is 38.0. The maximum absolute atomic E-state index is 12.8. The first-order valence-electron chi connectivity index (χ1n) is 32.4. The summed E-state index contributed by atoms with van der Waals surface area (Å²) in [6.45, 7) is 6.47. The van der Waals surface area contributed by atoms with Gasteiger partial charge in [0.25, 0.3) is 0 Å². The Hall–Kier alpha value is -3.15. The molecule has 0 saturated carbocycles. The lowest BCUT2D eigenvalue weighted by molar-refractivity contribution is -0.167. The van der Waals surface area contributed by atoms with Gasteiger partial charge in [0, 0.05) is 19.3 Å². The molecular formula is C69H122O6. The number of unbranched alkanes of at least 4 members (excludes halogenated alkanes) is 36. The van der Waals surface area contributed by atoms with Gasteiger partial charge in [-0.25, -0.2) is 0 Å².